The summed E-state index contributed by atoms with van der Waals surface area (Å²) in [5, 5.41) is 9.44. The smallest absolute Gasteiger partial charge is 0.369 e. The second kappa shape index (κ2) is 10.5. The number of aliphatic imine (C=N–C) groups is 1. The van der Waals surface area contributed by atoms with E-state index in [0.29, 0.717) is 29.5 Å². The number of pyridine rings is 2. The van der Waals surface area contributed by atoms with Crippen molar-refractivity contribution in [1.82, 2.24) is 25.1 Å². The molecular formula is C26H22F3N7O. The number of hydrogen-bond donors (Lipinski definition) is 1. The van der Waals surface area contributed by atoms with E-state index in [0.717, 1.165) is 22.3 Å². The monoisotopic (exact) mass is 505 g/mol. The highest BCUT2D eigenvalue weighted by Crippen LogP contribution is 2.31. The molecule has 0 spiro atoms. The first-order valence-corrected chi connectivity index (χ1v) is 11.1. The number of carbonyl (C=O) groups excluding carboxylic acids is 1. The van der Waals surface area contributed by atoms with Gasteiger partial charge in [0.2, 0.25) is 0 Å². The number of carbonyl (C=O) groups is 1. The summed E-state index contributed by atoms with van der Waals surface area (Å²) in [5.74, 6) is -0.261. The number of halogens is 3. The Labute approximate surface area is 211 Å². The first kappa shape index (κ1) is 25.4. The molecule has 11 heteroatoms. The zero-order valence-electron chi connectivity index (χ0n) is 20.2. The third-order valence-corrected chi connectivity index (χ3v) is 5.24. The molecule has 3 aromatic heterocycles. The second-order valence-corrected chi connectivity index (χ2v) is 8.35. The normalized spacial score (nSPS) is 11.5. The van der Waals surface area contributed by atoms with Crippen LogP contribution in [0, 0.1) is 6.92 Å². The SMILES string of the molecule is Cc1ccc(NC(=O)c2cc(C(F)(F)F)cnn2)cc1-c1ccnc(-c2ccnc(N=CN(C)C)c2)c1. The highest BCUT2D eigenvalue weighted by atomic mass is 19.4. The van der Waals surface area contributed by atoms with Gasteiger partial charge in [0.05, 0.1) is 23.8 Å². The summed E-state index contributed by atoms with van der Waals surface area (Å²) in [4.78, 5) is 27.4. The zero-order chi connectivity index (χ0) is 26.6. The quantitative estimate of drug-likeness (QED) is 0.278. The Kier molecular flexibility index (Phi) is 7.23. The lowest BCUT2D eigenvalue weighted by Gasteiger charge is -2.12. The van der Waals surface area contributed by atoms with E-state index in [4.69, 9.17) is 0 Å². The summed E-state index contributed by atoms with van der Waals surface area (Å²) in [6, 6.07) is 13.3. The number of aromatic nitrogens is 4. The Morgan fingerprint density at radius 3 is 2.51 bits per heavy atom. The van der Waals surface area contributed by atoms with Crippen LogP contribution in [0.3, 0.4) is 0 Å². The van der Waals surface area contributed by atoms with Crippen molar-refractivity contribution in [1.29, 1.82) is 0 Å². The summed E-state index contributed by atoms with van der Waals surface area (Å²) < 4.78 is 38.9. The van der Waals surface area contributed by atoms with E-state index in [-0.39, 0.29) is 0 Å². The zero-order valence-corrected chi connectivity index (χ0v) is 20.2. The molecule has 1 N–H and O–H groups in total. The topological polar surface area (TPSA) is 96.3 Å². The molecule has 4 rings (SSSR count). The van der Waals surface area contributed by atoms with Crippen LogP contribution in [-0.2, 0) is 6.18 Å². The highest BCUT2D eigenvalue weighted by Gasteiger charge is 2.32. The summed E-state index contributed by atoms with van der Waals surface area (Å²) in [5.41, 5.74) is 3.03. The molecule has 37 heavy (non-hydrogen) atoms. The Morgan fingerprint density at radius 1 is 1.00 bits per heavy atom. The van der Waals surface area contributed by atoms with E-state index < -0.39 is 23.3 Å². The number of nitrogens with one attached hydrogen (secondary N) is 1. The van der Waals surface area contributed by atoms with Gasteiger partial charge in [-0.05, 0) is 66.1 Å². The van der Waals surface area contributed by atoms with Gasteiger partial charge in [-0.2, -0.15) is 18.3 Å². The van der Waals surface area contributed by atoms with Crippen molar-refractivity contribution >= 4 is 23.8 Å². The Morgan fingerprint density at radius 2 is 1.76 bits per heavy atom. The lowest BCUT2D eigenvalue weighted by atomic mass is 9.99. The maximum atomic E-state index is 13.0. The minimum absolute atomic E-state index is 0.396. The molecule has 0 radical (unpaired) electrons. The van der Waals surface area contributed by atoms with Gasteiger partial charge in [-0.1, -0.05) is 6.07 Å². The number of anilines is 1. The van der Waals surface area contributed by atoms with Gasteiger partial charge in [-0.15, -0.1) is 5.10 Å². The van der Waals surface area contributed by atoms with Crippen molar-refractivity contribution in [3.63, 3.8) is 0 Å². The van der Waals surface area contributed by atoms with Crippen LogP contribution in [0.2, 0.25) is 0 Å². The van der Waals surface area contributed by atoms with Gasteiger partial charge in [0.25, 0.3) is 5.91 Å². The first-order valence-electron chi connectivity index (χ1n) is 11.1. The predicted molar refractivity (Wildman–Crippen MR) is 134 cm³/mol. The molecule has 0 unspecified atom stereocenters. The number of rotatable bonds is 6. The Bertz CT molecular complexity index is 1470. The fourth-order valence-corrected chi connectivity index (χ4v) is 3.42. The van der Waals surface area contributed by atoms with E-state index in [9.17, 15) is 18.0 Å². The van der Waals surface area contributed by atoms with Crippen molar-refractivity contribution in [3.8, 4) is 22.4 Å². The molecule has 0 aliphatic rings. The number of hydrogen-bond acceptors (Lipinski definition) is 6. The number of benzene rings is 1. The van der Waals surface area contributed by atoms with E-state index in [1.807, 2.05) is 51.4 Å². The first-order chi connectivity index (χ1) is 17.6. The summed E-state index contributed by atoms with van der Waals surface area (Å²) in [7, 11) is 3.73. The van der Waals surface area contributed by atoms with Crippen molar-refractivity contribution in [2.45, 2.75) is 13.1 Å². The molecule has 0 aliphatic carbocycles. The van der Waals surface area contributed by atoms with Crippen LogP contribution < -0.4 is 5.32 Å². The van der Waals surface area contributed by atoms with Crippen molar-refractivity contribution < 1.29 is 18.0 Å². The highest BCUT2D eigenvalue weighted by molar-refractivity contribution is 6.03. The molecule has 0 bridgehead atoms. The predicted octanol–water partition coefficient (Wildman–Crippen LogP) is 5.40. The number of nitrogens with zero attached hydrogens (tertiary/aromatic N) is 6. The molecule has 1 amide bonds. The third kappa shape index (κ3) is 6.31. The lowest BCUT2D eigenvalue weighted by molar-refractivity contribution is -0.137. The average molecular weight is 506 g/mol. The number of amides is 1. The third-order valence-electron chi connectivity index (χ3n) is 5.24. The molecular weight excluding hydrogens is 483 g/mol. The van der Waals surface area contributed by atoms with Crippen LogP contribution in [-0.4, -0.2) is 51.4 Å². The summed E-state index contributed by atoms with van der Waals surface area (Å²) in [6.07, 6.45) is 0.933. The van der Waals surface area contributed by atoms with E-state index in [1.54, 1.807) is 35.8 Å². The minimum atomic E-state index is -4.63. The summed E-state index contributed by atoms with van der Waals surface area (Å²) >= 11 is 0. The van der Waals surface area contributed by atoms with Crippen LogP contribution in [0.4, 0.5) is 24.7 Å². The number of alkyl halides is 3. The molecule has 3 heterocycles. The van der Waals surface area contributed by atoms with E-state index in [1.165, 1.54) is 0 Å². The molecule has 0 saturated carbocycles. The van der Waals surface area contributed by atoms with Gasteiger partial charge in [-0.3, -0.25) is 9.78 Å². The second-order valence-electron chi connectivity index (χ2n) is 8.35. The average Bonchev–Trinajstić information content (AvgIpc) is 2.88. The fourth-order valence-electron chi connectivity index (χ4n) is 3.42. The van der Waals surface area contributed by atoms with Crippen LogP contribution in [0.5, 0.6) is 0 Å². The van der Waals surface area contributed by atoms with E-state index >= 15 is 0 Å². The molecule has 188 valence electrons. The van der Waals surface area contributed by atoms with Gasteiger partial charge in [0.15, 0.2) is 11.5 Å². The molecule has 4 aromatic rings. The van der Waals surface area contributed by atoms with Crippen molar-refractivity contribution in [2.24, 2.45) is 4.99 Å². The van der Waals surface area contributed by atoms with Crippen LogP contribution >= 0.6 is 0 Å². The molecule has 0 fully saturated rings. The van der Waals surface area contributed by atoms with Gasteiger partial charge in [-0.25, -0.2) is 9.98 Å². The summed E-state index contributed by atoms with van der Waals surface area (Å²) in [6.45, 7) is 1.92. The number of aryl methyl sites for hydroxylation is 1. The largest absolute Gasteiger partial charge is 0.418 e. The van der Waals surface area contributed by atoms with Gasteiger partial charge >= 0.3 is 6.18 Å². The lowest BCUT2D eigenvalue weighted by Crippen LogP contribution is -2.16. The van der Waals surface area contributed by atoms with Gasteiger partial charge in [0.1, 0.15) is 0 Å². The molecule has 0 aliphatic heterocycles. The maximum Gasteiger partial charge on any atom is 0.418 e. The minimum Gasteiger partial charge on any atom is -0.369 e. The molecule has 0 saturated heterocycles. The Balaban J connectivity index is 1.61. The fraction of sp³-hybridized carbons (Fsp3) is 0.154. The molecule has 1 aromatic carbocycles. The molecule has 8 nitrogen and oxygen atoms in total. The van der Waals surface area contributed by atoms with Crippen molar-refractivity contribution in [3.05, 3.63) is 83.9 Å². The van der Waals surface area contributed by atoms with Crippen LogP contribution in [0.25, 0.3) is 22.4 Å². The molecule has 0 atom stereocenters. The maximum absolute atomic E-state index is 13.0. The van der Waals surface area contributed by atoms with E-state index in [2.05, 4.69) is 30.5 Å². The van der Waals surface area contributed by atoms with Gasteiger partial charge < -0.3 is 10.2 Å². The van der Waals surface area contributed by atoms with Crippen molar-refractivity contribution in [2.75, 3.05) is 19.4 Å². The van der Waals surface area contributed by atoms with Gasteiger partial charge in [0, 0.05) is 37.7 Å². The van der Waals surface area contributed by atoms with Crippen LogP contribution in [0.15, 0.2) is 72.1 Å². The standard InChI is InChI=1S/C26H22F3N7O/c1-16-4-5-20(34-25(37)23-12-19(14-33-35-23)26(27,28)29)13-21(16)17-6-8-30-22(10-17)18-7-9-31-24(11-18)32-15-36(2)3/h4-15H,1-3H3,(H,34,37). The van der Waals surface area contributed by atoms with Crippen LogP contribution in [0.1, 0.15) is 21.6 Å². The Hall–Kier alpha value is -4.67.